The van der Waals surface area contributed by atoms with Crippen LogP contribution in [0.2, 0.25) is 0 Å². The molecular weight excluding hydrogens is 555 g/mol. The van der Waals surface area contributed by atoms with Crippen LogP contribution in [0.25, 0.3) is 5.69 Å². The Morgan fingerprint density at radius 2 is 1.84 bits per heavy atom. The van der Waals surface area contributed by atoms with Gasteiger partial charge in [0.1, 0.15) is 4.21 Å². The Morgan fingerprint density at radius 1 is 1.16 bits per heavy atom. The molecule has 0 aliphatic carbocycles. The summed E-state index contributed by atoms with van der Waals surface area (Å²) in [4.78, 5) is 26.3. The second-order valence-corrected chi connectivity index (χ2v) is 9.15. The number of pyridine rings is 1. The molecule has 8 heteroatoms. The van der Waals surface area contributed by atoms with Crippen LogP contribution in [0.5, 0.6) is 0 Å². The van der Waals surface area contributed by atoms with E-state index in [0.29, 0.717) is 28.2 Å². The van der Waals surface area contributed by atoms with Crippen LogP contribution in [0.4, 0.5) is 0 Å². The maximum atomic E-state index is 13.4. The molecule has 0 fully saturated rings. The Balaban J connectivity index is 0.00000363. The number of esters is 1. The summed E-state index contributed by atoms with van der Waals surface area (Å²) in [6.07, 6.45) is 4.26. The van der Waals surface area contributed by atoms with Crippen molar-refractivity contribution in [3.8, 4) is 11.8 Å². The summed E-state index contributed by atoms with van der Waals surface area (Å²) in [5.41, 5.74) is 3.14. The van der Waals surface area contributed by atoms with Gasteiger partial charge in [-0.2, -0.15) is 9.83 Å². The number of halogens is 1. The summed E-state index contributed by atoms with van der Waals surface area (Å²) in [6.45, 7) is 4.05. The van der Waals surface area contributed by atoms with Crippen molar-refractivity contribution in [1.82, 2.24) is 0 Å². The number of aromatic nitrogens is 1. The number of benzene rings is 1. The molecule has 1 aromatic carbocycles. The first kappa shape index (κ1) is 26.0. The van der Waals surface area contributed by atoms with Gasteiger partial charge in [0.25, 0.3) is 0 Å². The van der Waals surface area contributed by atoms with E-state index >= 15 is 0 Å². The van der Waals surface area contributed by atoms with Crippen LogP contribution in [0.15, 0.2) is 59.1 Å². The SMILES string of the molecule is CCOC(=O)Cc1c(C(=O)c2ccccc2)sc(SCCC#N)c1-[n+]1ccc(C)cc1.[I-]. The highest BCUT2D eigenvalue weighted by Gasteiger charge is 2.31. The molecule has 0 saturated carbocycles. The molecule has 0 spiro atoms. The van der Waals surface area contributed by atoms with Crippen LogP contribution < -0.4 is 28.5 Å². The third kappa shape index (κ3) is 6.40. The number of carbonyl (C=O) groups is 2. The van der Waals surface area contributed by atoms with Crippen molar-refractivity contribution < 1.29 is 42.9 Å². The molecule has 0 bridgehead atoms. The predicted octanol–water partition coefficient (Wildman–Crippen LogP) is 1.68. The number of ketones is 1. The molecule has 0 saturated heterocycles. The van der Waals surface area contributed by atoms with Gasteiger partial charge in [-0.15, -0.1) is 23.1 Å². The number of aryl methyl sites for hydroxylation is 1. The monoisotopic (exact) mass is 578 g/mol. The van der Waals surface area contributed by atoms with Crippen molar-refractivity contribution in [3.63, 3.8) is 0 Å². The smallest absolute Gasteiger partial charge is 0.310 e. The van der Waals surface area contributed by atoms with Crippen molar-refractivity contribution in [1.29, 1.82) is 5.26 Å². The second-order valence-electron chi connectivity index (χ2n) is 6.76. The highest BCUT2D eigenvalue weighted by Crippen LogP contribution is 2.38. The predicted molar refractivity (Wildman–Crippen MR) is 122 cm³/mol. The van der Waals surface area contributed by atoms with E-state index in [-0.39, 0.29) is 48.8 Å². The molecule has 0 atom stereocenters. The summed E-state index contributed by atoms with van der Waals surface area (Å²) in [5, 5.41) is 8.96. The van der Waals surface area contributed by atoms with Gasteiger partial charge in [-0.25, -0.2) is 0 Å². The average molecular weight is 578 g/mol. The largest absolute Gasteiger partial charge is 1.00 e. The van der Waals surface area contributed by atoms with E-state index in [1.54, 1.807) is 19.1 Å². The first-order valence-corrected chi connectivity index (χ1v) is 11.7. The van der Waals surface area contributed by atoms with Gasteiger partial charge in [0.2, 0.25) is 11.5 Å². The van der Waals surface area contributed by atoms with E-state index in [9.17, 15) is 9.59 Å². The molecule has 2 heterocycles. The first-order valence-electron chi connectivity index (χ1n) is 9.94. The Hall–Kier alpha value is -2.22. The molecular formula is C24H23IN2O3S2. The normalized spacial score (nSPS) is 10.2. The molecule has 3 rings (SSSR count). The van der Waals surface area contributed by atoms with Gasteiger partial charge in [0.15, 0.2) is 12.4 Å². The van der Waals surface area contributed by atoms with Crippen molar-refractivity contribution in [2.45, 2.75) is 30.9 Å². The van der Waals surface area contributed by atoms with Gasteiger partial charge >= 0.3 is 5.97 Å². The highest BCUT2D eigenvalue weighted by atomic mass is 127. The zero-order chi connectivity index (χ0) is 22.2. The average Bonchev–Trinajstić information content (AvgIpc) is 3.12. The molecule has 2 aromatic heterocycles. The van der Waals surface area contributed by atoms with Gasteiger partial charge in [-0.3, -0.25) is 9.59 Å². The van der Waals surface area contributed by atoms with Crippen LogP contribution in [0.1, 0.15) is 39.7 Å². The van der Waals surface area contributed by atoms with Gasteiger partial charge in [-0.1, -0.05) is 30.3 Å². The fraction of sp³-hybridized carbons (Fsp3) is 0.250. The number of thiophene rings is 1. The molecule has 0 amide bonds. The van der Waals surface area contributed by atoms with Crippen molar-refractivity contribution in [3.05, 3.63) is 76.4 Å². The Bertz CT molecular complexity index is 1110. The quantitative estimate of drug-likeness (QED) is 0.0966. The fourth-order valence-electron chi connectivity index (χ4n) is 3.06. The molecule has 166 valence electrons. The van der Waals surface area contributed by atoms with Crippen LogP contribution in [-0.4, -0.2) is 24.1 Å². The molecule has 0 radical (unpaired) electrons. The number of hydrogen-bond donors (Lipinski definition) is 0. The van der Waals surface area contributed by atoms with Gasteiger partial charge in [0.05, 0.1) is 29.5 Å². The minimum atomic E-state index is -0.370. The third-order valence-electron chi connectivity index (χ3n) is 4.52. The minimum absolute atomic E-state index is 0. The lowest BCUT2D eigenvalue weighted by Gasteiger charge is -2.05. The first-order chi connectivity index (χ1) is 15.0. The lowest BCUT2D eigenvalue weighted by Crippen LogP contribution is -3.00. The second kappa shape index (κ2) is 12.7. The maximum Gasteiger partial charge on any atom is 0.310 e. The topological polar surface area (TPSA) is 71.0 Å². The number of rotatable bonds is 9. The van der Waals surface area contributed by atoms with E-state index < -0.39 is 0 Å². The summed E-state index contributed by atoms with van der Waals surface area (Å²) < 4.78 is 8.04. The molecule has 0 aliphatic heterocycles. The highest BCUT2D eigenvalue weighted by molar-refractivity contribution is 8.01. The van der Waals surface area contributed by atoms with Crippen LogP contribution in [-0.2, 0) is 16.0 Å². The minimum Gasteiger partial charge on any atom is -1.00 e. The number of nitrogens with zero attached hydrogens (tertiary/aromatic N) is 2. The van der Waals surface area contributed by atoms with Gasteiger partial charge in [0, 0.05) is 29.9 Å². The molecule has 0 aliphatic rings. The number of ether oxygens (including phenoxy) is 1. The molecule has 0 unspecified atom stereocenters. The Labute approximate surface area is 213 Å². The van der Waals surface area contributed by atoms with E-state index in [0.717, 1.165) is 15.5 Å². The zero-order valence-corrected chi connectivity index (χ0v) is 21.6. The van der Waals surface area contributed by atoms with E-state index in [1.807, 2.05) is 54.2 Å². The van der Waals surface area contributed by atoms with Crippen molar-refractivity contribution in [2.75, 3.05) is 12.4 Å². The van der Waals surface area contributed by atoms with Crippen LogP contribution >= 0.6 is 23.1 Å². The molecule has 0 N–H and O–H groups in total. The summed E-state index contributed by atoms with van der Waals surface area (Å²) in [7, 11) is 0. The standard InChI is InChI=1S/C24H23N2O3S2.HI/c1-3-29-20(27)16-19-21(26-13-10-17(2)11-14-26)24(30-15-7-12-25)31-23(19)22(28)18-8-5-4-6-9-18;/h4-6,8-11,13-14H,3,7,15-16H2,1-2H3;1H/q+1;/p-1. The van der Waals surface area contributed by atoms with Gasteiger partial charge in [-0.05, 0) is 19.4 Å². The zero-order valence-electron chi connectivity index (χ0n) is 17.8. The lowest BCUT2D eigenvalue weighted by molar-refractivity contribution is -0.598. The number of hydrogen-bond acceptors (Lipinski definition) is 6. The van der Waals surface area contributed by atoms with Crippen LogP contribution in [0.3, 0.4) is 0 Å². The van der Waals surface area contributed by atoms with Gasteiger partial charge < -0.3 is 28.7 Å². The van der Waals surface area contributed by atoms with Crippen molar-refractivity contribution >= 4 is 34.9 Å². The van der Waals surface area contributed by atoms with E-state index in [4.69, 9.17) is 10.00 Å². The molecule has 32 heavy (non-hydrogen) atoms. The fourth-order valence-corrected chi connectivity index (χ4v) is 5.55. The lowest BCUT2D eigenvalue weighted by atomic mass is 10.0. The van der Waals surface area contributed by atoms with Crippen LogP contribution in [0, 0.1) is 18.3 Å². The van der Waals surface area contributed by atoms with Crippen molar-refractivity contribution in [2.24, 2.45) is 0 Å². The Kier molecular flexibility index (Phi) is 10.4. The Morgan fingerprint density at radius 3 is 2.47 bits per heavy atom. The van der Waals surface area contributed by atoms with E-state index in [1.165, 1.54) is 23.1 Å². The number of carbonyl (C=O) groups excluding carboxylic acids is 2. The third-order valence-corrected chi connectivity index (χ3v) is 7.00. The summed E-state index contributed by atoms with van der Waals surface area (Å²) >= 11 is 2.90. The maximum absolute atomic E-state index is 13.4. The van der Waals surface area contributed by atoms with E-state index in [2.05, 4.69) is 6.07 Å². The number of nitriles is 1. The summed E-state index contributed by atoms with van der Waals surface area (Å²) in [6, 6.07) is 15.2. The molecule has 3 aromatic rings. The summed E-state index contributed by atoms with van der Waals surface area (Å²) in [5.74, 6) is 0.116. The number of thioether (sulfide) groups is 1. The molecule has 5 nitrogen and oxygen atoms in total.